The third kappa shape index (κ3) is 5.08. The first-order chi connectivity index (χ1) is 22.4. The number of phenolic OH excluding ortho intramolecular Hbond substituents is 1. The summed E-state index contributed by atoms with van der Waals surface area (Å²) in [4.78, 5) is 41.4. The Morgan fingerprint density at radius 2 is 1.74 bits per heavy atom. The minimum atomic E-state index is -0.199. The number of nitrogens with one attached hydrogen (secondary N) is 1. The molecule has 0 radical (unpaired) electrons. The molecule has 2 amide bonds. The zero-order valence-corrected chi connectivity index (χ0v) is 26.2. The number of aromatic hydroxyl groups is 1. The van der Waals surface area contributed by atoms with Crippen LogP contribution in [-0.4, -0.2) is 93.6 Å². The van der Waals surface area contributed by atoms with Gasteiger partial charge in [0.05, 0.1) is 17.6 Å². The minimum Gasteiger partial charge on any atom is -0.508 e. The molecule has 4 aromatic rings. The number of ether oxygens (including phenoxy) is 1. The maximum absolute atomic E-state index is 13.1. The lowest BCUT2D eigenvalue weighted by Crippen LogP contribution is -2.57. The number of benzene rings is 3. The van der Waals surface area contributed by atoms with Crippen molar-refractivity contribution in [3.63, 3.8) is 0 Å². The molecule has 2 atom stereocenters. The summed E-state index contributed by atoms with van der Waals surface area (Å²) in [5.74, 6) is 0.819. The first-order valence-electron chi connectivity index (χ1n) is 16.6. The van der Waals surface area contributed by atoms with E-state index in [1.54, 1.807) is 6.07 Å². The van der Waals surface area contributed by atoms with E-state index in [2.05, 4.69) is 39.4 Å². The van der Waals surface area contributed by atoms with Crippen molar-refractivity contribution in [3.8, 4) is 22.9 Å². The molecule has 8 rings (SSSR count). The van der Waals surface area contributed by atoms with E-state index in [0.29, 0.717) is 25.7 Å². The van der Waals surface area contributed by atoms with E-state index in [1.165, 1.54) is 19.8 Å². The number of hydrogen-bond acceptors (Lipinski definition) is 8. The smallest absolute Gasteiger partial charge is 0.319 e. The number of carbonyl (C=O) groups is 2. The van der Waals surface area contributed by atoms with Gasteiger partial charge in [-0.15, -0.1) is 0 Å². The number of carbonyl (C=O) groups excluding carboxylic acids is 2. The molecule has 5 heterocycles. The van der Waals surface area contributed by atoms with Gasteiger partial charge in [-0.25, -0.2) is 0 Å². The third-order valence-corrected chi connectivity index (χ3v) is 10.7. The third-order valence-electron chi connectivity index (χ3n) is 10.7. The molecule has 2 bridgehead atoms. The van der Waals surface area contributed by atoms with Crippen LogP contribution in [0.4, 0.5) is 5.82 Å². The first kappa shape index (κ1) is 29.0. The average Bonchev–Trinajstić information content (AvgIpc) is 3.72. The monoisotopic (exact) mass is 620 g/mol. The van der Waals surface area contributed by atoms with Crippen molar-refractivity contribution in [2.24, 2.45) is 0 Å². The SMILES string of the molecule is CC(=O)NCC(=O)N1[C@@H]2CC[C@H]1CN(c1nc(OCC34CCCN3CCC4)nc3cc(-c4cc(O)cc5ccccc45)ccc13)C2. The summed E-state index contributed by atoms with van der Waals surface area (Å²) in [6, 6.07) is 18.4. The number of rotatable bonds is 7. The molecule has 2 N–H and O–H groups in total. The van der Waals surface area contributed by atoms with Gasteiger partial charge in [-0.1, -0.05) is 30.3 Å². The van der Waals surface area contributed by atoms with E-state index in [1.807, 2.05) is 29.2 Å². The fourth-order valence-electron chi connectivity index (χ4n) is 8.53. The number of fused-ring (bicyclic) bond motifs is 5. The summed E-state index contributed by atoms with van der Waals surface area (Å²) in [6.45, 7) is 5.61. The fraction of sp³-hybridized carbons (Fsp3) is 0.444. The van der Waals surface area contributed by atoms with E-state index in [4.69, 9.17) is 14.7 Å². The summed E-state index contributed by atoms with van der Waals surface area (Å²) in [7, 11) is 0. The van der Waals surface area contributed by atoms with Crippen LogP contribution >= 0.6 is 0 Å². The highest BCUT2D eigenvalue weighted by atomic mass is 16.5. The van der Waals surface area contributed by atoms with Crippen molar-refractivity contribution in [1.82, 2.24) is 25.1 Å². The lowest BCUT2D eigenvalue weighted by molar-refractivity contribution is -0.135. The van der Waals surface area contributed by atoms with Gasteiger partial charge >= 0.3 is 6.01 Å². The van der Waals surface area contributed by atoms with Crippen molar-refractivity contribution in [2.45, 2.75) is 63.1 Å². The Kier molecular flexibility index (Phi) is 7.20. The van der Waals surface area contributed by atoms with E-state index in [0.717, 1.165) is 77.4 Å². The number of hydrogen-bond donors (Lipinski definition) is 2. The van der Waals surface area contributed by atoms with Gasteiger partial charge in [-0.3, -0.25) is 14.5 Å². The van der Waals surface area contributed by atoms with Gasteiger partial charge in [-0.2, -0.15) is 9.97 Å². The Hall–Kier alpha value is -4.44. The largest absolute Gasteiger partial charge is 0.508 e. The van der Waals surface area contributed by atoms with E-state index in [-0.39, 0.29) is 41.7 Å². The van der Waals surface area contributed by atoms with Crippen molar-refractivity contribution in [1.29, 1.82) is 0 Å². The molecular formula is C36H40N6O4. The Labute approximate surface area is 268 Å². The van der Waals surface area contributed by atoms with E-state index >= 15 is 0 Å². The Balaban J connectivity index is 1.16. The normalized spacial score (nSPS) is 22.0. The zero-order chi connectivity index (χ0) is 31.4. The molecular weight excluding hydrogens is 580 g/mol. The molecule has 0 unspecified atom stereocenters. The molecule has 238 valence electrons. The summed E-state index contributed by atoms with van der Waals surface area (Å²) >= 11 is 0. The molecule has 0 aliphatic carbocycles. The van der Waals surface area contributed by atoms with Gasteiger partial charge in [0.25, 0.3) is 0 Å². The van der Waals surface area contributed by atoms with Crippen LogP contribution in [0.3, 0.4) is 0 Å². The summed E-state index contributed by atoms with van der Waals surface area (Å²) in [6.07, 6.45) is 6.52. The molecule has 3 aromatic carbocycles. The van der Waals surface area contributed by atoms with Gasteiger partial charge in [0.15, 0.2) is 0 Å². The van der Waals surface area contributed by atoms with Crippen molar-refractivity contribution in [2.75, 3.05) is 44.2 Å². The molecule has 4 fully saturated rings. The molecule has 46 heavy (non-hydrogen) atoms. The van der Waals surface area contributed by atoms with Crippen molar-refractivity contribution >= 4 is 39.3 Å². The number of nitrogens with zero attached hydrogens (tertiary/aromatic N) is 5. The van der Waals surface area contributed by atoms with Crippen LogP contribution in [-0.2, 0) is 9.59 Å². The van der Waals surface area contributed by atoms with Crippen LogP contribution in [0.2, 0.25) is 0 Å². The summed E-state index contributed by atoms with van der Waals surface area (Å²) in [5.41, 5.74) is 2.75. The number of phenols is 1. The maximum atomic E-state index is 13.1. The number of aromatic nitrogens is 2. The standard InChI is InChI=1S/C36H40N6O4/c1-23(43)37-19-33(45)42-26-9-10-27(42)21-40(20-26)34-30-11-8-25(31-18-28(44)16-24-6-2-3-7-29(24)31)17-32(30)38-35(39-34)46-22-36-12-4-14-41(36)15-5-13-36/h2-3,6-8,11,16-18,26-27,44H,4-5,9-10,12-15,19-22H2,1H3,(H,37,43)/t26-,27+. The molecule has 10 heteroatoms. The van der Waals surface area contributed by atoms with Crippen LogP contribution in [0.5, 0.6) is 11.8 Å². The molecule has 1 aromatic heterocycles. The highest BCUT2D eigenvalue weighted by Crippen LogP contribution is 2.41. The Morgan fingerprint density at radius 1 is 0.978 bits per heavy atom. The highest BCUT2D eigenvalue weighted by molar-refractivity contribution is 6.01. The second-order valence-corrected chi connectivity index (χ2v) is 13.5. The summed E-state index contributed by atoms with van der Waals surface area (Å²) in [5, 5.41) is 16.2. The number of anilines is 1. The predicted molar refractivity (Wildman–Crippen MR) is 177 cm³/mol. The van der Waals surface area contributed by atoms with Crippen LogP contribution in [0.15, 0.2) is 54.6 Å². The second kappa shape index (κ2) is 11.4. The lowest BCUT2D eigenvalue weighted by Gasteiger charge is -2.42. The van der Waals surface area contributed by atoms with Crippen LogP contribution in [0, 0.1) is 0 Å². The second-order valence-electron chi connectivity index (χ2n) is 13.5. The van der Waals surface area contributed by atoms with Gasteiger partial charge in [0.1, 0.15) is 18.2 Å². The van der Waals surface area contributed by atoms with E-state index in [9.17, 15) is 14.7 Å². The van der Waals surface area contributed by atoms with Crippen molar-refractivity contribution in [3.05, 3.63) is 54.6 Å². The Bertz CT molecular complexity index is 1820. The van der Waals surface area contributed by atoms with Crippen molar-refractivity contribution < 1.29 is 19.4 Å². The van der Waals surface area contributed by atoms with Gasteiger partial charge in [0.2, 0.25) is 11.8 Å². The van der Waals surface area contributed by atoms with Crippen LogP contribution in [0.25, 0.3) is 32.8 Å². The van der Waals surface area contributed by atoms with Crippen LogP contribution < -0.4 is 15.0 Å². The number of piperazine rings is 1. The molecule has 4 aliphatic heterocycles. The quantitative estimate of drug-likeness (QED) is 0.311. The average molecular weight is 621 g/mol. The van der Waals surface area contributed by atoms with E-state index < -0.39 is 0 Å². The zero-order valence-electron chi connectivity index (χ0n) is 26.2. The fourth-order valence-corrected chi connectivity index (χ4v) is 8.53. The van der Waals surface area contributed by atoms with Gasteiger partial charge in [-0.05, 0) is 97.8 Å². The maximum Gasteiger partial charge on any atom is 0.319 e. The minimum absolute atomic E-state index is 0.0289. The topological polar surface area (TPSA) is 111 Å². The molecule has 0 spiro atoms. The lowest BCUT2D eigenvalue weighted by atomic mass is 9.95. The molecule has 4 aliphatic rings. The number of amides is 2. The van der Waals surface area contributed by atoms with Gasteiger partial charge in [0, 0.05) is 37.5 Å². The van der Waals surface area contributed by atoms with Gasteiger partial charge < -0.3 is 25.0 Å². The molecule has 10 nitrogen and oxygen atoms in total. The first-order valence-corrected chi connectivity index (χ1v) is 16.6. The predicted octanol–water partition coefficient (Wildman–Crippen LogP) is 4.48. The summed E-state index contributed by atoms with van der Waals surface area (Å²) < 4.78 is 6.52. The van der Waals surface area contributed by atoms with Crippen LogP contribution in [0.1, 0.15) is 45.4 Å². The molecule has 4 saturated heterocycles. The Morgan fingerprint density at radius 3 is 2.50 bits per heavy atom. The molecule has 0 saturated carbocycles. The highest BCUT2D eigenvalue weighted by Gasteiger charge is 2.45.